The molecule has 23 heavy (non-hydrogen) atoms. The molecule has 1 aliphatic heterocycles. The Bertz CT molecular complexity index is 597. The summed E-state index contributed by atoms with van der Waals surface area (Å²) >= 11 is 0. The fraction of sp³-hybridized carbons (Fsp3) is 0.611. The molecule has 126 valence electrons. The number of phenols is 1. The summed E-state index contributed by atoms with van der Waals surface area (Å²) in [5.74, 6) is -0.302. The fourth-order valence-corrected chi connectivity index (χ4v) is 3.97. The molecule has 1 aromatic carbocycles. The van der Waals surface area contributed by atoms with Gasteiger partial charge in [-0.15, -0.1) is 0 Å². The van der Waals surface area contributed by atoms with Crippen LogP contribution in [0.2, 0.25) is 0 Å². The van der Waals surface area contributed by atoms with E-state index in [2.05, 4.69) is 12.2 Å². The molecular formula is C18H25FN2O2. The van der Waals surface area contributed by atoms with Gasteiger partial charge in [-0.1, -0.05) is 6.07 Å². The summed E-state index contributed by atoms with van der Waals surface area (Å²) in [6.07, 6.45) is 4.59. The van der Waals surface area contributed by atoms with Crippen molar-refractivity contribution < 1.29 is 14.3 Å². The molecule has 1 fully saturated rings. The summed E-state index contributed by atoms with van der Waals surface area (Å²) in [4.78, 5) is 14.2. The minimum Gasteiger partial charge on any atom is -0.505 e. The molecule has 2 aliphatic rings. The molecule has 0 radical (unpaired) electrons. The topological polar surface area (TPSA) is 52.6 Å². The van der Waals surface area contributed by atoms with Crippen molar-refractivity contribution in [3.63, 3.8) is 0 Å². The van der Waals surface area contributed by atoms with Crippen molar-refractivity contribution in [2.24, 2.45) is 11.8 Å². The Morgan fingerprint density at radius 2 is 2.04 bits per heavy atom. The van der Waals surface area contributed by atoms with Gasteiger partial charge in [0.2, 0.25) is 0 Å². The molecule has 1 aromatic rings. The maximum Gasteiger partial charge on any atom is 0.257 e. The van der Waals surface area contributed by atoms with Crippen molar-refractivity contribution in [2.75, 3.05) is 13.6 Å². The number of fused-ring (bicyclic) bond motifs is 1. The summed E-state index contributed by atoms with van der Waals surface area (Å²) in [5, 5.41) is 12.8. The van der Waals surface area contributed by atoms with Crippen molar-refractivity contribution in [3.8, 4) is 5.75 Å². The molecule has 1 aliphatic carbocycles. The van der Waals surface area contributed by atoms with Crippen molar-refractivity contribution >= 4 is 5.91 Å². The first kappa shape index (κ1) is 16.2. The predicted octanol–water partition coefficient (Wildman–Crippen LogP) is 2.90. The molecule has 0 aromatic heterocycles. The largest absolute Gasteiger partial charge is 0.505 e. The van der Waals surface area contributed by atoms with E-state index in [1.54, 1.807) is 11.0 Å². The highest BCUT2D eigenvalue weighted by Crippen LogP contribution is 2.34. The van der Waals surface area contributed by atoms with Gasteiger partial charge in [-0.05, 0) is 63.1 Å². The second-order valence-electron chi connectivity index (χ2n) is 6.98. The van der Waals surface area contributed by atoms with Crippen LogP contribution >= 0.6 is 0 Å². The number of hydrogen-bond acceptors (Lipinski definition) is 3. The zero-order valence-corrected chi connectivity index (χ0v) is 13.8. The smallest absolute Gasteiger partial charge is 0.257 e. The predicted molar refractivity (Wildman–Crippen MR) is 86.8 cm³/mol. The summed E-state index contributed by atoms with van der Waals surface area (Å²) in [5.41, 5.74) is 0.741. The number of phenolic OH excluding ortho intramolecular Hbond substituents is 1. The van der Waals surface area contributed by atoms with Crippen LogP contribution in [0, 0.1) is 17.7 Å². The molecule has 0 spiro atoms. The number of nitrogens with one attached hydrogen (secondary N) is 1. The molecule has 0 bridgehead atoms. The number of nitrogens with zero attached hydrogens (tertiary/aromatic N) is 1. The van der Waals surface area contributed by atoms with Gasteiger partial charge in [0.15, 0.2) is 11.6 Å². The van der Waals surface area contributed by atoms with E-state index in [1.807, 2.05) is 7.05 Å². The first-order chi connectivity index (χ1) is 11.0. The number of benzene rings is 1. The lowest BCUT2D eigenvalue weighted by Gasteiger charge is -2.33. The van der Waals surface area contributed by atoms with Gasteiger partial charge in [-0.25, -0.2) is 4.39 Å². The van der Waals surface area contributed by atoms with Gasteiger partial charge in [0.25, 0.3) is 5.91 Å². The van der Waals surface area contributed by atoms with Crippen LogP contribution < -0.4 is 5.32 Å². The maximum atomic E-state index is 14.0. The zero-order valence-electron chi connectivity index (χ0n) is 13.8. The monoisotopic (exact) mass is 320 g/mol. The van der Waals surface area contributed by atoms with Gasteiger partial charge in [0.1, 0.15) is 0 Å². The molecule has 3 rings (SSSR count). The van der Waals surface area contributed by atoms with Crippen LogP contribution in [-0.2, 0) is 6.54 Å². The van der Waals surface area contributed by atoms with Gasteiger partial charge in [0, 0.05) is 19.1 Å². The lowest BCUT2D eigenvalue weighted by Crippen LogP contribution is -2.36. The van der Waals surface area contributed by atoms with Crippen LogP contribution in [0.4, 0.5) is 4.39 Å². The van der Waals surface area contributed by atoms with Crippen molar-refractivity contribution in [2.45, 2.75) is 45.2 Å². The van der Waals surface area contributed by atoms with Crippen LogP contribution in [0.1, 0.15) is 48.5 Å². The minimum absolute atomic E-state index is 0.0579. The third-order valence-corrected chi connectivity index (χ3v) is 5.60. The molecule has 1 unspecified atom stereocenters. The van der Waals surface area contributed by atoms with Crippen molar-refractivity contribution in [1.82, 2.24) is 10.2 Å². The van der Waals surface area contributed by atoms with Crippen LogP contribution in [0.15, 0.2) is 12.1 Å². The molecule has 1 atom stereocenters. The first-order valence-corrected chi connectivity index (χ1v) is 8.48. The molecule has 2 N–H and O–H groups in total. The standard InChI is InChI=1S/C18H25FN2O2/c1-11(20-2)13-5-3-12(4-6-13)9-21-10-14-7-8-15(22)17(19)16(14)18(21)23/h7-8,11-13,20,22H,3-6,9-10H2,1-2H3. The molecular weight excluding hydrogens is 295 g/mol. The highest BCUT2D eigenvalue weighted by Gasteiger charge is 2.34. The second-order valence-corrected chi connectivity index (χ2v) is 6.98. The summed E-state index contributed by atoms with van der Waals surface area (Å²) in [7, 11) is 2.00. The van der Waals surface area contributed by atoms with Gasteiger partial charge in [-0.3, -0.25) is 4.79 Å². The molecule has 1 saturated carbocycles. The van der Waals surface area contributed by atoms with E-state index < -0.39 is 11.6 Å². The Morgan fingerprint density at radius 1 is 1.35 bits per heavy atom. The van der Waals surface area contributed by atoms with E-state index in [1.165, 1.54) is 18.9 Å². The third-order valence-electron chi connectivity index (χ3n) is 5.60. The van der Waals surface area contributed by atoms with E-state index in [9.17, 15) is 14.3 Å². The highest BCUT2D eigenvalue weighted by atomic mass is 19.1. The number of carbonyl (C=O) groups is 1. The van der Waals surface area contributed by atoms with Gasteiger partial charge >= 0.3 is 0 Å². The number of amides is 1. The fourth-order valence-electron chi connectivity index (χ4n) is 3.97. The number of hydrogen-bond donors (Lipinski definition) is 2. The van der Waals surface area contributed by atoms with E-state index in [0.29, 0.717) is 36.5 Å². The molecule has 4 nitrogen and oxygen atoms in total. The molecule has 1 amide bonds. The van der Waals surface area contributed by atoms with E-state index in [-0.39, 0.29) is 11.5 Å². The zero-order chi connectivity index (χ0) is 16.6. The van der Waals surface area contributed by atoms with E-state index >= 15 is 0 Å². The Hall–Kier alpha value is -1.62. The average molecular weight is 320 g/mol. The van der Waals surface area contributed by atoms with Crippen LogP contribution in [0.5, 0.6) is 5.75 Å². The van der Waals surface area contributed by atoms with E-state index in [4.69, 9.17) is 0 Å². The van der Waals surface area contributed by atoms with E-state index in [0.717, 1.165) is 12.8 Å². The number of rotatable bonds is 4. The lowest BCUT2D eigenvalue weighted by molar-refractivity contribution is 0.0722. The first-order valence-electron chi connectivity index (χ1n) is 8.48. The average Bonchev–Trinajstić information content (AvgIpc) is 2.88. The second kappa shape index (κ2) is 6.48. The Balaban J connectivity index is 1.61. The summed E-state index contributed by atoms with van der Waals surface area (Å²) < 4.78 is 14.0. The molecule has 0 saturated heterocycles. The Kier molecular flexibility index (Phi) is 4.57. The number of halogens is 1. The summed E-state index contributed by atoms with van der Waals surface area (Å²) in [6.45, 7) is 3.37. The number of aromatic hydroxyl groups is 1. The van der Waals surface area contributed by atoms with Gasteiger partial charge in [0.05, 0.1) is 5.56 Å². The maximum absolute atomic E-state index is 14.0. The molecule has 1 heterocycles. The highest BCUT2D eigenvalue weighted by molar-refractivity contribution is 5.99. The Morgan fingerprint density at radius 3 is 2.70 bits per heavy atom. The SMILES string of the molecule is CNC(C)C1CCC(CN2Cc3ccc(O)c(F)c3C2=O)CC1. The third kappa shape index (κ3) is 3.07. The molecule has 5 heteroatoms. The minimum atomic E-state index is -0.776. The van der Waals surface area contributed by atoms with Crippen molar-refractivity contribution in [3.05, 3.63) is 29.1 Å². The quantitative estimate of drug-likeness (QED) is 0.897. The van der Waals surface area contributed by atoms with Gasteiger partial charge < -0.3 is 15.3 Å². The van der Waals surface area contributed by atoms with Gasteiger partial charge in [-0.2, -0.15) is 0 Å². The Labute approximate surface area is 136 Å². The lowest BCUT2D eigenvalue weighted by atomic mass is 9.79. The normalized spacial score (nSPS) is 25.5. The number of carbonyl (C=O) groups excluding carboxylic acids is 1. The summed E-state index contributed by atoms with van der Waals surface area (Å²) in [6, 6.07) is 3.51. The van der Waals surface area contributed by atoms with Crippen LogP contribution in [0.25, 0.3) is 0 Å². The van der Waals surface area contributed by atoms with Crippen LogP contribution in [-0.4, -0.2) is 35.5 Å². The van der Waals surface area contributed by atoms with Crippen molar-refractivity contribution in [1.29, 1.82) is 0 Å². The van der Waals surface area contributed by atoms with Crippen LogP contribution in [0.3, 0.4) is 0 Å².